The van der Waals surface area contributed by atoms with Gasteiger partial charge in [0.2, 0.25) is 5.91 Å². The van der Waals surface area contributed by atoms with Gasteiger partial charge in [-0.3, -0.25) is 9.79 Å². The van der Waals surface area contributed by atoms with Crippen LogP contribution in [0, 0.1) is 5.41 Å². The molecule has 1 aliphatic heterocycles. The number of amides is 1. The molecule has 0 spiro atoms. The predicted molar refractivity (Wildman–Crippen MR) is 112 cm³/mol. The van der Waals surface area contributed by atoms with Gasteiger partial charge in [0.1, 0.15) is 12.4 Å². The van der Waals surface area contributed by atoms with Crippen LogP contribution in [0.4, 0.5) is 5.69 Å². The van der Waals surface area contributed by atoms with E-state index in [0.29, 0.717) is 31.0 Å². The van der Waals surface area contributed by atoms with Crippen LogP contribution in [-0.4, -0.2) is 38.1 Å². The summed E-state index contributed by atoms with van der Waals surface area (Å²) in [5.74, 6) is 1.71. The number of guanidine groups is 1. The molecular weight excluding hydrogens is 340 g/mol. The molecule has 1 heterocycles. The summed E-state index contributed by atoms with van der Waals surface area (Å²) < 4.78 is 5.83. The highest BCUT2D eigenvalue weighted by Gasteiger charge is 2.15. The van der Waals surface area contributed by atoms with Gasteiger partial charge in [0.15, 0.2) is 5.96 Å². The van der Waals surface area contributed by atoms with Crippen LogP contribution in [0.25, 0.3) is 0 Å². The lowest BCUT2D eigenvalue weighted by Crippen LogP contribution is -2.43. The fourth-order valence-corrected chi connectivity index (χ4v) is 2.94. The Morgan fingerprint density at radius 2 is 2.11 bits per heavy atom. The number of aryl methyl sites for hydroxylation is 1. The number of carbonyl (C=O) groups is 1. The van der Waals surface area contributed by atoms with E-state index in [1.54, 1.807) is 7.05 Å². The van der Waals surface area contributed by atoms with Gasteiger partial charge in [0.05, 0.1) is 6.54 Å². The molecule has 3 N–H and O–H groups in total. The molecule has 2 rings (SSSR count). The normalized spacial score (nSPS) is 15.6. The lowest BCUT2D eigenvalue weighted by molar-refractivity contribution is -0.116. The molecule has 150 valence electrons. The van der Waals surface area contributed by atoms with Gasteiger partial charge in [-0.05, 0) is 55.4 Å². The van der Waals surface area contributed by atoms with Crippen molar-refractivity contribution in [1.82, 2.24) is 10.6 Å². The summed E-state index contributed by atoms with van der Waals surface area (Å²) in [5, 5.41) is 9.60. The molecule has 1 unspecified atom stereocenters. The van der Waals surface area contributed by atoms with Crippen molar-refractivity contribution in [1.29, 1.82) is 0 Å². The molecule has 0 radical (unpaired) electrons. The van der Waals surface area contributed by atoms with Crippen molar-refractivity contribution in [3.05, 3.63) is 23.8 Å². The summed E-state index contributed by atoms with van der Waals surface area (Å²) in [5.41, 5.74) is 2.37. The summed E-state index contributed by atoms with van der Waals surface area (Å²) in [6.07, 6.45) is 3.57. The Balaban J connectivity index is 1.71. The second kappa shape index (κ2) is 9.62. The fraction of sp³-hybridized carbons (Fsp3) is 0.619. The molecule has 0 saturated carbocycles. The first-order valence-electron chi connectivity index (χ1n) is 9.79. The summed E-state index contributed by atoms with van der Waals surface area (Å²) in [6, 6.07) is 6.18. The molecule has 0 aliphatic carbocycles. The van der Waals surface area contributed by atoms with Crippen molar-refractivity contribution in [2.75, 3.05) is 25.5 Å². The van der Waals surface area contributed by atoms with Crippen LogP contribution >= 0.6 is 0 Å². The van der Waals surface area contributed by atoms with Gasteiger partial charge < -0.3 is 20.7 Å². The number of nitrogens with zero attached hydrogens (tertiary/aromatic N) is 1. The molecule has 1 aliphatic rings. The van der Waals surface area contributed by atoms with Crippen LogP contribution in [0.15, 0.2) is 23.2 Å². The van der Waals surface area contributed by atoms with Gasteiger partial charge in [-0.15, -0.1) is 0 Å². The summed E-state index contributed by atoms with van der Waals surface area (Å²) >= 11 is 0. The number of hydrogen-bond acceptors (Lipinski definition) is 3. The third-order valence-electron chi connectivity index (χ3n) is 4.57. The van der Waals surface area contributed by atoms with E-state index in [-0.39, 0.29) is 5.91 Å². The van der Waals surface area contributed by atoms with Crippen LogP contribution in [0.1, 0.15) is 52.5 Å². The van der Waals surface area contributed by atoms with Crippen LogP contribution in [-0.2, 0) is 11.2 Å². The standard InChI is InChI=1S/C21H34N4O2/c1-15(10-11-21(2,3)4)24-20(22-5)23-12-13-27-17-7-8-18-16(14-17)6-9-19(26)25-18/h7-8,14-15H,6,9-13H2,1-5H3,(H,25,26)(H2,22,23,24). The highest BCUT2D eigenvalue weighted by Crippen LogP contribution is 2.26. The first-order valence-corrected chi connectivity index (χ1v) is 9.79. The molecule has 1 atom stereocenters. The van der Waals surface area contributed by atoms with Gasteiger partial charge in [-0.25, -0.2) is 0 Å². The molecule has 27 heavy (non-hydrogen) atoms. The Labute approximate surface area is 163 Å². The number of hydrogen-bond donors (Lipinski definition) is 3. The maximum Gasteiger partial charge on any atom is 0.224 e. The van der Waals surface area contributed by atoms with E-state index in [0.717, 1.165) is 35.8 Å². The van der Waals surface area contributed by atoms with E-state index >= 15 is 0 Å². The summed E-state index contributed by atoms with van der Waals surface area (Å²) in [6.45, 7) is 10.2. The molecule has 1 aromatic rings. The Morgan fingerprint density at radius 1 is 1.33 bits per heavy atom. The van der Waals surface area contributed by atoms with Crippen molar-refractivity contribution >= 4 is 17.6 Å². The van der Waals surface area contributed by atoms with Gasteiger partial charge >= 0.3 is 0 Å². The van der Waals surface area contributed by atoms with Crippen LogP contribution in [0.2, 0.25) is 0 Å². The lowest BCUT2D eigenvalue weighted by Gasteiger charge is -2.23. The smallest absolute Gasteiger partial charge is 0.224 e. The van der Waals surface area contributed by atoms with Crippen LogP contribution in [0.3, 0.4) is 0 Å². The minimum Gasteiger partial charge on any atom is -0.492 e. The zero-order valence-corrected chi connectivity index (χ0v) is 17.3. The third-order valence-corrected chi connectivity index (χ3v) is 4.57. The number of nitrogens with one attached hydrogen (secondary N) is 3. The summed E-state index contributed by atoms with van der Waals surface area (Å²) in [7, 11) is 1.78. The molecule has 0 fully saturated rings. The molecule has 0 saturated heterocycles. The highest BCUT2D eigenvalue weighted by atomic mass is 16.5. The van der Waals surface area contributed by atoms with Gasteiger partial charge in [0.25, 0.3) is 0 Å². The van der Waals surface area contributed by atoms with E-state index in [4.69, 9.17) is 4.74 Å². The van der Waals surface area contributed by atoms with E-state index in [1.807, 2.05) is 18.2 Å². The Bertz CT molecular complexity index is 665. The average molecular weight is 375 g/mol. The van der Waals surface area contributed by atoms with Crippen molar-refractivity contribution in [3.8, 4) is 5.75 Å². The maximum absolute atomic E-state index is 11.4. The van der Waals surface area contributed by atoms with Crippen LogP contribution in [0.5, 0.6) is 5.75 Å². The van der Waals surface area contributed by atoms with Crippen molar-refractivity contribution in [2.45, 2.75) is 59.4 Å². The van der Waals surface area contributed by atoms with Crippen molar-refractivity contribution < 1.29 is 9.53 Å². The number of rotatable bonds is 7. The Morgan fingerprint density at radius 3 is 2.81 bits per heavy atom. The van der Waals surface area contributed by atoms with E-state index < -0.39 is 0 Å². The van der Waals surface area contributed by atoms with Gasteiger partial charge in [0, 0.05) is 25.2 Å². The van der Waals surface area contributed by atoms with Gasteiger partial charge in [-0.1, -0.05) is 20.8 Å². The second-order valence-electron chi connectivity index (χ2n) is 8.36. The van der Waals surface area contributed by atoms with Gasteiger partial charge in [-0.2, -0.15) is 0 Å². The quantitative estimate of drug-likeness (QED) is 0.389. The molecule has 1 aromatic carbocycles. The number of anilines is 1. The highest BCUT2D eigenvalue weighted by molar-refractivity contribution is 5.94. The number of carbonyl (C=O) groups excluding carboxylic acids is 1. The lowest BCUT2D eigenvalue weighted by atomic mass is 9.89. The molecule has 6 nitrogen and oxygen atoms in total. The second-order valence-corrected chi connectivity index (χ2v) is 8.36. The minimum absolute atomic E-state index is 0.0796. The van der Waals surface area contributed by atoms with Crippen LogP contribution < -0.4 is 20.7 Å². The van der Waals surface area contributed by atoms with E-state index in [2.05, 4.69) is 48.6 Å². The van der Waals surface area contributed by atoms with Crippen molar-refractivity contribution in [3.63, 3.8) is 0 Å². The number of ether oxygens (including phenoxy) is 1. The first-order chi connectivity index (χ1) is 12.8. The predicted octanol–water partition coefficient (Wildman–Crippen LogP) is 3.33. The first kappa shape index (κ1) is 21.1. The summed E-state index contributed by atoms with van der Waals surface area (Å²) in [4.78, 5) is 15.7. The van der Waals surface area contributed by atoms with E-state index in [1.165, 1.54) is 6.42 Å². The number of aliphatic imine (C=N–C) groups is 1. The molecule has 6 heteroatoms. The number of benzene rings is 1. The SMILES string of the molecule is CN=C(NCCOc1ccc2c(c1)CCC(=O)N2)NC(C)CCC(C)(C)C. The van der Waals surface area contributed by atoms with E-state index in [9.17, 15) is 4.79 Å². The number of fused-ring (bicyclic) bond motifs is 1. The molecule has 0 aromatic heterocycles. The maximum atomic E-state index is 11.4. The monoisotopic (exact) mass is 374 g/mol. The molecule has 1 amide bonds. The zero-order valence-electron chi connectivity index (χ0n) is 17.3. The Hall–Kier alpha value is -2.24. The molecule has 0 bridgehead atoms. The minimum atomic E-state index is 0.0796. The third kappa shape index (κ3) is 7.49. The molecular formula is C21H34N4O2. The average Bonchev–Trinajstić information content (AvgIpc) is 2.62. The zero-order chi connectivity index (χ0) is 19.9. The topological polar surface area (TPSA) is 74.8 Å². The fourth-order valence-electron chi connectivity index (χ4n) is 2.94. The largest absolute Gasteiger partial charge is 0.492 e. The Kier molecular flexibility index (Phi) is 7.51. The van der Waals surface area contributed by atoms with Crippen molar-refractivity contribution in [2.24, 2.45) is 10.4 Å².